The van der Waals surface area contributed by atoms with Crippen LogP contribution < -0.4 is 15.8 Å². The predicted octanol–water partition coefficient (Wildman–Crippen LogP) is 1.04. The first-order valence-electron chi connectivity index (χ1n) is 6.00. The van der Waals surface area contributed by atoms with Crippen LogP contribution in [0.4, 0.5) is 10.1 Å². The van der Waals surface area contributed by atoms with Crippen molar-refractivity contribution >= 4 is 11.6 Å². The molecule has 0 atom stereocenters. The summed E-state index contributed by atoms with van der Waals surface area (Å²) in [5, 5.41) is 6.59. The van der Waals surface area contributed by atoms with Crippen LogP contribution in [0.25, 0.3) is 0 Å². The molecule has 0 unspecified atom stereocenters. The fourth-order valence-electron chi connectivity index (χ4n) is 1.77. The fraction of sp³-hybridized carbons (Fsp3) is 0.231. The van der Waals surface area contributed by atoms with Gasteiger partial charge in [-0.15, -0.1) is 0 Å². The van der Waals surface area contributed by atoms with Gasteiger partial charge in [-0.2, -0.15) is 5.10 Å². The summed E-state index contributed by atoms with van der Waals surface area (Å²) < 4.78 is 20.2. The van der Waals surface area contributed by atoms with E-state index in [9.17, 15) is 9.18 Å². The van der Waals surface area contributed by atoms with Crippen LogP contribution in [0.5, 0.6) is 5.75 Å². The summed E-state index contributed by atoms with van der Waals surface area (Å²) in [6.07, 6.45) is 3.16. The van der Waals surface area contributed by atoms with Gasteiger partial charge < -0.3 is 15.8 Å². The highest BCUT2D eigenvalue weighted by Gasteiger charge is 2.16. The summed E-state index contributed by atoms with van der Waals surface area (Å²) in [5.74, 6) is -0.948. The van der Waals surface area contributed by atoms with Gasteiger partial charge in [0.05, 0.1) is 25.5 Å². The smallest absolute Gasteiger partial charge is 0.258 e. The molecule has 0 fully saturated rings. The van der Waals surface area contributed by atoms with Crippen LogP contribution in [-0.2, 0) is 6.54 Å². The van der Waals surface area contributed by atoms with E-state index in [1.165, 1.54) is 31.5 Å². The van der Waals surface area contributed by atoms with Crippen LogP contribution in [0.15, 0.2) is 30.6 Å². The zero-order chi connectivity index (χ0) is 14.5. The molecule has 0 spiro atoms. The van der Waals surface area contributed by atoms with Gasteiger partial charge in [0.15, 0.2) is 0 Å². The number of benzene rings is 1. The summed E-state index contributed by atoms with van der Waals surface area (Å²) >= 11 is 0. The number of aromatic nitrogens is 2. The minimum Gasteiger partial charge on any atom is -0.496 e. The summed E-state index contributed by atoms with van der Waals surface area (Å²) in [6, 6.07) is 4.23. The molecule has 0 aliphatic carbocycles. The van der Waals surface area contributed by atoms with Gasteiger partial charge in [-0.1, -0.05) is 6.07 Å². The standard InChI is InChI=1S/C13H15FN4O2/c1-20-11-4-2-3-10(14)12(11)13(19)16-5-6-18-8-9(15)7-17-18/h2-4,7-8H,5-6,15H2,1H3,(H,16,19). The average Bonchev–Trinajstić information content (AvgIpc) is 2.83. The van der Waals surface area contributed by atoms with Gasteiger partial charge in [-0.05, 0) is 12.1 Å². The Morgan fingerprint density at radius 3 is 3.00 bits per heavy atom. The highest BCUT2D eigenvalue weighted by molar-refractivity contribution is 5.97. The van der Waals surface area contributed by atoms with Gasteiger partial charge in [-0.25, -0.2) is 4.39 Å². The molecule has 0 saturated carbocycles. The van der Waals surface area contributed by atoms with Crippen molar-refractivity contribution in [3.05, 3.63) is 42.0 Å². The lowest BCUT2D eigenvalue weighted by molar-refractivity contribution is 0.0944. The minimum absolute atomic E-state index is 0.102. The van der Waals surface area contributed by atoms with Crippen LogP contribution in [0.2, 0.25) is 0 Å². The van der Waals surface area contributed by atoms with Crippen molar-refractivity contribution in [3.8, 4) is 5.75 Å². The Balaban J connectivity index is 1.98. The van der Waals surface area contributed by atoms with E-state index in [0.717, 1.165) is 0 Å². The van der Waals surface area contributed by atoms with Crippen molar-refractivity contribution in [1.29, 1.82) is 0 Å². The van der Waals surface area contributed by atoms with Crippen LogP contribution in [-0.4, -0.2) is 29.3 Å². The van der Waals surface area contributed by atoms with Crippen molar-refractivity contribution in [2.24, 2.45) is 0 Å². The first-order valence-corrected chi connectivity index (χ1v) is 6.00. The van der Waals surface area contributed by atoms with E-state index >= 15 is 0 Å². The normalized spacial score (nSPS) is 10.3. The molecule has 1 heterocycles. The molecule has 0 bridgehead atoms. The summed E-state index contributed by atoms with van der Waals surface area (Å²) in [4.78, 5) is 12.0. The van der Waals surface area contributed by atoms with Crippen LogP contribution in [0, 0.1) is 5.82 Å². The van der Waals surface area contributed by atoms with Gasteiger partial charge in [-0.3, -0.25) is 9.48 Å². The third kappa shape index (κ3) is 3.05. The van der Waals surface area contributed by atoms with E-state index in [-0.39, 0.29) is 11.3 Å². The van der Waals surface area contributed by atoms with Crippen molar-refractivity contribution in [2.45, 2.75) is 6.54 Å². The van der Waals surface area contributed by atoms with Crippen LogP contribution in [0.1, 0.15) is 10.4 Å². The number of ether oxygens (including phenoxy) is 1. The molecule has 1 aromatic heterocycles. The number of nitrogen functional groups attached to an aromatic ring is 1. The summed E-state index contributed by atoms with van der Waals surface area (Å²) in [7, 11) is 1.39. The Kier molecular flexibility index (Phi) is 4.19. The molecule has 0 radical (unpaired) electrons. The molecule has 7 heteroatoms. The number of amides is 1. The lowest BCUT2D eigenvalue weighted by Gasteiger charge is -2.10. The molecular formula is C13H15FN4O2. The molecule has 20 heavy (non-hydrogen) atoms. The number of methoxy groups -OCH3 is 1. The second kappa shape index (κ2) is 6.05. The maximum absolute atomic E-state index is 13.7. The number of halogens is 1. The van der Waals surface area contributed by atoms with E-state index in [1.54, 1.807) is 10.9 Å². The highest BCUT2D eigenvalue weighted by Crippen LogP contribution is 2.20. The maximum Gasteiger partial charge on any atom is 0.258 e. The lowest BCUT2D eigenvalue weighted by atomic mass is 10.1. The molecule has 1 aromatic carbocycles. The Bertz CT molecular complexity index is 612. The van der Waals surface area contributed by atoms with Crippen LogP contribution in [0.3, 0.4) is 0 Å². The monoisotopic (exact) mass is 278 g/mol. The Morgan fingerprint density at radius 1 is 1.55 bits per heavy atom. The van der Waals surface area contributed by atoms with E-state index < -0.39 is 11.7 Å². The Labute approximate surface area is 115 Å². The fourth-order valence-corrected chi connectivity index (χ4v) is 1.77. The molecule has 1 amide bonds. The van der Waals surface area contributed by atoms with Crippen LogP contribution >= 0.6 is 0 Å². The molecule has 2 aromatic rings. The van der Waals surface area contributed by atoms with Crippen molar-refractivity contribution in [2.75, 3.05) is 19.4 Å². The number of carbonyl (C=O) groups excluding carboxylic acids is 1. The SMILES string of the molecule is COc1cccc(F)c1C(=O)NCCn1cc(N)cn1. The van der Waals surface area contributed by atoms with Gasteiger partial charge >= 0.3 is 0 Å². The molecule has 106 valence electrons. The first-order chi connectivity index (χ1) is 9.61. The molecule has 0 saturated heterocycles. The van der Waals surface area contributed by atoms with Gasteiger partial charge in [0.2, 0.25) is 0 Å². The second-order valence-electron chi connectivity index (χ2n) is 4.11. The van der Waals surface area contributed by atoms with Gasteiger partial charge in [0, 0.05) is 12.7 Å². The number of nitrogens with two attached hydrogens (primary N) is 1. The average molecular weight is 278 g/mol. The van der Waals surface area contributed by atoms with Crippen molar-refractivity contribution in [1.82, 2.24) is 15.1 Å². The first kappa shape index (κ1) is 13.9. The number of anilines is 1. The summed E-state index contributed by atoms with van der Waals surface area (Å²) in [5.41, 5.74) is 5.97. The van der Waals surface area contributed by atoms with E-state index in [1.807, 2.05) is 0 Å². The Morgan fingerprint density at radius 2 is 2.35 bits per heavy atom. The molecule has 0 aliphatic rings. The van der Waals surface area contributed by atoms with Crippen molar-refractivity contribution in [3.63, 3.8) is 0 Å². The maximum atomic E-state index is 13.7. The predicted molar refractivity (Wildman–Crippen MR) is 71.9 cm³/mol. The van der Waals surface area contributed by atoms with Gasteiger partial charge in [0.1, 0.15) is 17.1 Å². The van der Waals surface area contributed by atoms with Crippen molar-refractivity contribution < 1.29 is 13.9 Å². The number of hydrogen-bond donors (Lipinski definition) is 2. The number of nitrogens with zero attached hydrogens (tertiary/aromatic N) is 2. The third-order valence-electron chi connectivity index (χ3n) is 2.70. The number of carbonyl (C=O) groups is 1. The second-order valence-corrected chi connectivity index (χ2v) is 4.11. The Hall–Kier alpha value is -2.57. The molecule has 3 N–H and O–H groups in total. The van der Waals surface area contributed by atoms with Gasteiger partial charge in [0.25, 0.3) is 5.91 Å². The quantitative estimate of drug-likeness (QED) is 0.856. The topological polar surface area (TPSA) is 82.2 Å². The zero-order valence-corrected chi connectivity index (χ0v) is 11.0. The molecule has 6 nitrogen and oxygen atoms in total. The van der Waals surface area contributed by atoms with E-state index in [4.69, 9.17) is 10.5 Å². The summed E-state index contributed by atoms with van der Waals surface area (Å²) in [6.45, 7) is 0.747. The molecule has 2 rings (SSSR count). The molecule has 0 aliphatic heterocycles. The minimum atomic E-state index is -0.620. The largest absolute Gasteiger partial charge is 0.496 e. The number of hydrogen-bond acceptors (Lipinski definition) is 4. The lowest BCUT2D eigenvalue weighted by Crippen LogP contribution is -2.28. The van der Waals surface area contributed by atoms with E-state index in [0.29, 0.717) is 18.8 Å². The third-order valence-corrected chi connectivity index (χ3v) is 2.70. The molecular weight excluding hydrogens is 263 g/mol. The van der Waals surface area contributed by atoms with E-state index in [2.05, 4.69) is 10.4 Å². The highest BCUT2D eigenvalue weighted by atomic mass is 19.1. The zero-order valence-electron chi connectivity index (χ0n) is 11.0. The number of nitrogens with one attached hydrogen (secondary N) is 1. The number of rotatable bonds is 5.